The van der Waals surface area contributed by atoms with Crippen LogP contribution in [0, 0.1) is 0 Å². The molecule has 7 heteroatoms. The van der Waals surface area contributed by atoms with Crippen molar-refractivity contribution in [2.45, 2.75) is 12.0 Å². The lowest BCUT2D eigenvalue weighted by Crippen LogP contribution is -2.52. The van der Waals surface area contributed by atoms with Crippen molar-refractivity contribution in [2.75, 3.05) is 52.9 Å². The maximum absolute atomic E-state index is 12.4. The SMILES string of the molecule is CN1CCN(C[C@@]2(O)CCN(C(=O)c3cccc(=O)[nH]3)C2)CC1. The van der Waals surface area contributed by atoms with Crippen molar-refractivity contribution in [1.82, 2.24) is 19.7 Å². The molecule has 2 aliphatic heterocycles. The molecule has 7 nitrogen and oxygen atoms in total. The Hall–Kier alpha value is -1.70. The zero-order valence-electron chi connectivity index (χ0n) is 13.5. The molecule has 126 valence electrons. The summed E-state index contributed by atoms with van der Waals surface area (Å²) in [5.41, 5.74) is -0.871. The van der Waals surface area contributed by atoms with E-state index in [0.717, 1.165) is 26.2 Å². The highest BCUT2D eigenvalue weighted by atomic mass is 16.3. The molecule has 2 saturated heterocycles. The van der Waals surface area contributed by atoms with Gasteiger partial charge < -0.3 is 19.9 Å². The third kappa shape index (κ3) is 3.80. The van der Waals surface area contributed by atoms with Crippen molar-refractivity contribution in [3.05, 3.63) is 34.2 Å². The lowest BCUT2D eigenvalue weighted by molar-refractivity contribution is 0.000477. The van der Waals surface area contributed by atoms with Crippen LogP contribution in [0.25, 0.3) is 0 Å². The first-order valence-electron chi connectivity index (χ1n) is 8.07. The Morgan fingerprint density at radius 3 is 2.70 bits per heavy atom. The summed E-state index contributed by atoms with van der Waals surface area (Å²) in [6.45, 7) is 5.32. The van der Waals surface area contributed by atoms with Gasteiger partial charge in [0.05, 0.1) is 12.1 Å². The van der Waals surface area contributed by atoms with Gasteiger partial charge in [-0.2, -0.15) is 0 Å². The van der Waals surface area contributed by atoms with Crippen LogP contribution in [0.4, 0.5) is 0 Å². The van der Waals surface area contributed by atoms with Gasteiger partial charge in [0.1, 0.15) is 5.69 Å². The fourth-order valence-electron chi connectivity index (χ4n) is 3.32. The number of aromatic nitrogens is 1. The Bertz CT molecular complexity index is 624. The molecule has 0 spiro atoms. The zero-order chi connectivity index (χ0) is 16.4. The van der Waals surface area contributed by atoms with Gasteiger partial charge in [-0.25, -0.2) is 0 Å². The highest BCUT2D eigenvalue weighted by Crippen LogP contribution is 2.24. The van der Waals surface area contributed by atoms with Crippen LogP contribution >= 0.6 is 0 Å². The fraction of sp³-hybridized carbons (Fsp3) is 0.625. The van der Waals surface area contributed by atoms with Crippen LogP contribution in [0.2, 0.25) is 0 Å². The number of H-pyrrole nitrogens is 1. The minimum absolute atomic E-state index is 0.225. The van der Waals surface area contributed by atoms with Gasteiger partial charge in [0, 0.05) is 45.3 Å². The summed E-state index contributed by atoms with van der Waals surface area (Å²) in [6.07, 6.45) is 0.572. The Morgan fingerprint density at radius 2 is 2.00 bits per heavy atom. The number of likely N-dealkylation sites (N-methyl/N-ethyl adjacent to an activating group) is 1. The number of hydrogen-bond donors (Lipinski definition) is 2. The molecular weight excluding hydrogens is 296 g/mol. The van der Waals surface area contributed by atoms with Crippen LogP contribution in [0.5, 0.6) is 0 Å². The summed E-state index contributed by atoms with van der Waals surface area (Å²) in [6, 6.07) is 4.55. The lowest BCUT2D eigenvalue weighted by atomic mass is 10.0. The van der Waals surface area contributed by atoms with Gasteiger partial charge in [-0.1, -0.05) is 6.07 Å². The van der Waals surface area contributed by atoms with Crippen LogP contribution in [-0.2, 0) is 0 Å². The van der Waals surface area contributed by atoms with Crippen LogP contribution in [0.1, 0.15) is 16.9 Å². The number of nitrogens with one attached hydrogen (secondary N) is 1. The number of carbonyl (C=O) groups excluding carboxylic acids is 1. The minimum atomic E-state index is -0.860. The van der Waals surface area contributed by atoms with Crippen LogP contribution < -0.4 is 5.56 Å². The largest absolute Gasteiger partial charge is 0.387 e. The number of likely N-dealkylation sites (tertiary alicyclic amines) is 1. The number of pyridine rings is 1. The number of rotatable bonds is 3. The van der Waals surface area contributed by atoms with Crippen molar-refractivity contribution < 1.29 is 9.90 Å². The average molecular weight is 320 g/mol. The summed E-state index contributed by atoms with van der Waals surface area (Å²) in [7, 11) is 2.10. The summed E-state index contributed by atoms with van der Waals surface area (Å²) in [4.78, 5) is 32.5. The first-order chi connectivity index (χ1) is 11.0. The molecule has 0 unspecified atom stereocenters. The molecule has 3 rings (SSSR count). The van der Waals surface area contributed by atoms with Gasteiger partial charge in [0.15, 0.2) is 0 Å². The quantitative estimate of drug-likeness (QED) is 0.762. The standard InChI is InChI=1S/C16H24N4O3/c1-18-7-9-19(10-8-18)11-16(23)5-6-20(12-16)15(22)13-3-2-4-14(21)17-13/h2-4,23H,5-12H2,1H3,(H,17,21)/t16-/m0/s1. The normalized spacial score (nSPS) is 26.6. The fourth-order valence-corrected chi connectivity index (χ4v) is 3.32. The molecule has 2 aliphatic rings. The van der Waals surface area contributed by atoms with Gasteiger partial charge in [0.2, 0.25) is 5.56 Å². The molecule has 0 saturated carbocycles. The molecular formula is C16H24N4O3. The third-order valence-corrected chi connectivity index (χ3v) is 4.73. The van der Waals surface area contributed by atoms with Gasteiger partial charge in [-0.05, 0) is 19.5 Å². The smallest absolute Gasteiger partial charge is 0.270 e. The molecule has 23 heavy (non-hydrogen) atoms. The molecule has 0 radical (unpaired) electrons. The average Bonchev–Trinajstić information content (AvgIpc) is 2.91. The number of nitrogens with zero attached hydrogens (tertiary/aromatic N) is 3. The maximum Gasteiger partial charge on any atom is 0.270 e. The van der Waals surface area contributed by atoms with Crippen LogP contribution in [0.3, 0.4) is 0 Å². The first-order valence-corrected chi connectivity index (χ1v) is 8.07. The number of β-amino-alcohol motifs (C(OH)–C–C–N with tert-alkyl or cyclic N) is 1. The molecule has 2 fully saturated rings. The topological polar surface area (TPSA) is 79.9 Å². The van der Waals surface area contributed by atoms with E-state index in [4.69, 9.17) is 0 Å². The predicted molar refractivity (Wildman–Crippen MR) is 86.5 cm³/mol. The van der Waals surface area contributed by atoms with Crippen molar-refractivity contribution in [1.29, 1.82) is 0 Å². The molecule has 3 heterocycles. The van der Waals surface area contributed by atoms with E-state index in [0.29, 0.717) is 26.1 Å². The third-order valence-electron chi connectivity index (χ3n) is 4.73. The molecule has 1 amide bonds. The second kappa shape index (κ2) is 6.43. The lowest BCUT2D eigenvalue weighted by Gasteiger charge is -2.36. The van der Waals surface area contributed by atoms with Crippen molar-refractivity contribution in [3.8, 4) is 0 Å². The van der Waals surface area contributed by atoms with E-state index in [1.54, 1.807) is 17.0 Å². The summed E-state index contributed by atoms with van der Waals surface area (Å²) in [5, 5.41) is 10.8. The summed E-state index contributed by atoms with van der Waals surface area (Å²) in [5.74, 6) is -0.225. The molecule has 2 N–H and O–H groups in total. The monoisotopic (exact) mass is 320 g/mol. The van der Waals surface area contributed by atoms with Gasteiger partial charge in [-0.3, -0.25) is 14.5 Å². The van der Waals surface area contributed by atoms with E-state index in [1.165, 1.54) is 6.07 Å². The molecule has 1 aromatic heterocycles. The molecule has 0 aliphatic carbocycles. The van der Waals surface area contributed by atoms with Crippen molar-refractivity contribution >= 4 is 5.91 Å². The Morgan fingerprint density at radius 1 is 1.26 bits per heavy atom. The van der Waals surface area contributed by atoms with E-state index >= 15 is 0 Å². The predicted octanol–water partition coefficient (Wildman–Crippen LogP) is -0.801. The summed E-state index contributed by atoms with van der Waals surface area (Å²) < 4.78 is 0. The Balaban J connectivity index is 1.61. The van der Waals surface area contributed by atoms with Crippen LogP contribution in [-0.4, -0.2) is 89.2 Å². The van der Waals surface area contributed by atoms with E-state index in [1.807, 2.05) is 0 Å². The van der Waals surface area contributed by atoms with Gasteiger partial charge >= 0.3 is 0 Å². The van der Waals surface area contributed by atoms with E-state index < -0.39 is 5.60 Å². The molecule has 0 bridgehead atoms. The van der Waals surface area contributed by atoms with E-state index in [2.05, 4.69) is 21.8 Å². The Labute approximate surface area is 135 Å². The van der Waals surface area contributed by atoms with E-state index in [9.17, 15) is 14.7 Å². The van der Waals surface area contributed by atoms with Crippen molar-refractivity contribution in [2.24, 2.45) is 0 Å². The first kappa shape index (κ1) is 16.2. The molecule has 0 aromatic carbocycles. The second-order valence-corrected chi connectivity index (χ2v) is 6.71. The Kier molecular flexibility index (Phi) is 4.52. The number of carbonyl (C=O) groups is 1. The highest BCUT2D eigenvalue weighted by Gasteiger charge is 2.40. The highest BCUT2D eigenvalue weighted by molar-refractivity contribution is 5.92. The zero-order valence-corrected chi connectivity index (χ0v) is 13.5. The van der Waals surface area contributed by atoms with Crippen LogP contribution in [0.15, 0.2) is 23.0 Å². The molecule has 1 atom stereocenters. The molecule has 1 aromatic rings. The maximum atomic E-state index is 12.4. The summed E-state index contributed by atoms with van der Waals surface area (Å²) >= 11 is 0. The minimum Gasteiger partial charge on any atom is -0.387 e. The van der Waals surface area contributed by atoms with Gasteiger partial charge in [-0.15, -0.1) is 0 Å². The second-order valence-electron chi connectivity index (χ2n) is 6.71. The number of hydrogen-bond acceptors (Lipinski definition) is 5. The number of amides is 1. The van der Waals surface area contributed by atoms with E-state index in [-0.39, 0.29) is 17.2 Å². The van der Waals surface area contributed by atoms with Gasteiger partial charge in [0.25, 0.3) is 5.91 Å². The number of aromatic amines is 1. The number of aliphatic hydroxyl groups is 1. The number of piperazine rings is 1. The van der Waals surface area contributed by atoms with Crippen molar-refractivity contribution in [3.63, 3.8) is 0 Å².